The third-order valence-corrected chi connectivity index (χ3v) is 6.23. The summed E-state index contributed by atoms with van der Waals surface area (Å²) < 4.78 is 0. The van der Waals surface area contributed by atoms with Crippen molar-refractivity contribution in [2.45, 2.75) is 17.4 Å². The van der Waals surface area contributed by atoms with Crippen molar-refractivity contribution in [3.8, 4) is 0 Å². The molecular weight excluding hydrogens is 372 g/mol. The molecule has 0 N–H and O–H groups in total. The first-order valence-electron chi connectivity index (χ1n) is 9.86. The van der Waals surface area contributed by atoms with Crippen molar-refractivity contribution in [3.63, 3.8) is 0 Å². The van der Waals surface area contributed by atoms with Gasteiger partial charge in [-0.15, -0.1) is 11.8 Å². The number of hydrogen-bond donors (Lipinski definition) is 0. The van der Waals surface area contributed by atoms with E-state index in [9.17, 15) is 0 Å². The van der Waals surface area contributed by atoms with Gasteiger partial charge in [-0.3, -0.25) is 0 Å². The van der Waals surface area contributed by atoms with Crippen molar-refractivity contribution in [1.82, 2.24) is 0 Å². The lowest BCUT2D eigenvalue weighted by Gasteiger charge is -2.44. The van der Waals surface area contributed by atoms with Gasteiger partial charge in [0.15, 0.2) is 0 Å². The molecule has 4 aromatic rings. The van der Waals surface area contributed by atoms with E-state index in [2.05, 4.69) is 90.0 Å². The molecule has 0 radical (unpaired) electrons. The van der Waals surface area contributed by atoms with Crippen LogP contribution in [0.5, 0.6) is 0 Å². The zero-order valence-corrected chi connectivity index (χ0v) is 17.1. The van der Waals surface area contributed by atoms with Crippen molar-refractivity contribution in [2.24, 2.45) is 4.99 Å². The van der Waals surface area contributed by atoms with E-state index in [0.29, 0.717) is 6.04 Å². The van der Waals surface area contributed by atoms with Crippen LogP contribution in [0.3, 0.4) is 0 Å². The van der Waals surface area contributed by atoms with E-state index in [4.69, 9.17) is 4.99 Å². The molecule has 0 aromatic heterocycles. The number of anilines is 1. The number of amidine groups is 1. The van der Waals surface area contributed by atoms with E-state index in [1.54, 1.807) is 11.8 Å². The van der Waals surface area contributed by atoms with E-state index in [1.807, 2.05) is 18.2 Å². The average molecular weight is 395 g/mol. The van der Waals surface area contributed by atoms with Gasteiger partial charge in [-0.1, -0.05) is 54.6 Å². The first kappa shape index (κ1) is 18.0. The van der Waals surface area contributed by atoms with E-state index in [-0.39, 0.29) is 0 Å². The lowest BCUT2D eigenvalue weighted by Crippen LogP contribution is -2.46. The second-order valence-corrected chi connectivity index (χ2v) is 8.14. The van der Waals surface area contributed by atoms with Crippen LogP contribution in [0.15, 0.2) is 107 Å². The SMILES string of the molecule is CSc1ccc(N2C(=Nc3ccccc3)CC2c2ccc3ccccc3c2)cc1. The highest BCUT2D eigenvalue weighted by molar-refractivity contribution is 7.98. The number of rotatable bonds is 4. The summed E-state index contributed by atoms with van der Waals surface area (Å²) in [6.45, 7) is 0. The van der Waals surface area contributed by atoms with Crippen molar-refractivity contribution >= 4 is 39.7 Å². The molecule has 3 heteroatoms. The highest BCUT2D eigenvalue weighted by atomic mass is 32.2. The lowest BCUT2D eigenvalue weighted by molar-refractivity contribution is 0.653. The van der Waals surface area contributed by atoms with Crippen LogP contribution in [0.25, 0.3) is 10.8 Å². The molecule has 0 spiro atoms. The van der Waals surface area contributed by atoms with Crippen LogP contribution in [0.1, 0.15) is 18.0 Å². The monoisotopic (exact) mass is 394 g/mol. The molecule has 5 rings (SSSR count). The minimum Gasteiger partial charge on any atom is -0.322 e. The average Bonchev–Trinajstić information content (AvgIpc) is 2.77. The van der Waals surface area contributed by atoms with Gasteiger partial charge >= 0.3 is 0 Å². The molecule has 1 heterocycles. The van der Waals surface area contributed by atoms with Crippen LogP contribution in [-0.2, 0) is 0 Å². The standard InChI is InChI=1S/C26H22N2S/c1-29-24-15-13-23(14-16-24)28-25(18-26(28)27-22-9-3-2-4-10-22)21-12-11-19-7-5-6-8-20(19)17-21/h2-17,25H,18H2,1H3. The van der Waals surface area contributed by atoms with E-state index in [1.165, 1.54) is 26.9 Å². The van der Waals surface area contributed by atoms with Crippen molar-refractivity contribution < 1.29 is 0 Å². The van der Waals surface area contributed by atoms with Gasteiger partial charge in [0.1, 0.15) is 5.84 Å². The fourth-order valence-corrected chi connectivity index (χ4v) is 4.34. The minimum absolute atomic E-state index is 0.308. The normalized spacial score (nSPS) is 17.5. The van der Waals surface area contributed by atoms with Gasteiger partial charge in [0.2, 0.25) is 0 Å². The fraction of sp³-hybridized carbons (Fsp3) is 0.115. The molecule has 1 aliphatic heterocycles. The Morgan fingerprint density at radius 2 is 1.52 bits per heavy atom. The Morgan fingerprint density at radius 3 is 2.28 bits per heavy atom. The summed E-state index contributed by atoms with van der Waals surface area (Å²) in [4.78, 5) is 8.59. The van der Waals surface area contributed by atoms with Crippen LogP contribution >= 0.6 is 11.8 Å². The third-order valence-electron chi connectivity index (χ3n) is 5.49. The van der Waals surface area contributed by atoms with Gasteiger partial charge in [0.05, 0.1) is 11.7 Å². The first-order valence-corrected chi connectivity index (χ1v) is 11.1. The Kier molecular flexibility index (Phi) is 4.82. The number of thioether (sulfide) groups is 1. The number of hydrogen-bond acceptors (Lipinski definition) is 2. The van der Waals surface area contributed by atoms with Gasteiger partial charge in [0.25, 0.3) is 0 Å². The lowest BCUT2D eigenvalue weighted by atomic mass is 9.91. The van der Waals surface area contributed by atoms with Gasteiger partial charge in [-0.2, -0.15) is 0 Å². The maximum absolute atomic E-state index is 4.94. The molecule has 4 aromatic carbocycles. The molecule has 1 atom stereocenters. The van der Waals surface area contributed by atoms with Crippen molar-refractivity contribution in [2.75, 3.05) is 11.2 Å². The van der Waals surface area contributed by atoms with Crippen LogP contribution in [0, 0.1) is 0 Å². The molecule has 1 aliphatic rings. The summed E-state index contributed by atoms with van der Waals surface area (Å²) in [5.74, 6) is 1.12. The van der Waals surface area contributed by atoms with Gasteiger partial charge in [0, 0.05) is 17.0 Å². The Balaban J connectivity index is 1.54. The highest BCUT2D eigenvalue weighted by Crippen LogP contribution is 2.41. The largest absolute Gasteiger partial charge is 0.322 e. The van der Waals surface area contributed by atoms with E-state index >= 15 is 0 Å². The second-order valence-electron chi connectivity index (χ2n) is 7.26. The molecule has 2 nitrogen and oxygen atoms in total. The summed E-state index contributed by atoms with van der Waals surface area (Å²) in [5, 5.41) is 2.57. The van der Waals surface area contributed by atoms with E-state index in [0.717, 1.165) is 17.9 Å². The highest BCUT2D eigenvalue weighted by Gasteiger charge is 2.36. The summed E-state index contributed by atoms with van der Waals surface area (Å²) >= 11 is 1.77. The fourth-order valence-electron chi connectivity index (χ4n) is 3.93. The molecule has 0 aliphatic carbocycles. The second kappa shape index (κ2) is 7.76. The Bertz CT molecular complexity index is 1170. The number of fused-ring (bicyclic) bond motifs is 1. The maximum atomic E-state index is 4.94. The Labute approximate surface area is 175 Å². The molecule has 1 unspecified atom stereocenters. The Morgan fingerprint density at radius 1 is 0.793 bits per heavy atom. The van der Waals surface area contributed by atoms with Crippen LogP contribution in [0.2, 0.25) is 0 Å². The van der Waals surface area contributed by atoms with Crippen LogP contribution in [-0.4, -0.2) is 12.1 Å². The number of nitrogens with zero attached hydrogens (tertiary/aromatic N) is 2. The zero-order valence-electron chi connectivity index (χ0n) is 16.3. The van der Waals surface area contributed by atoms with Crippen molar-refractivity contribution in [3.05, 3.63) is 103 Å². The molecule has 1 saturated heterocycles. The van der Waals surface area contributed by atoms with Crippen LogP contribution in [0.4, 0.5) is 11.4 Å². The van der Waals surface area contributed by atoms with Gasteiger partial charge in [-0.25, -0.2) is 4.99 Å². The summed E-state index contributed by atoms with van der Waals surface area (Å²) in [7, 11) is 0. The predicted octanol–water partition coefficient (Wildman–Crippen LogP) is 7.24. The molecule has 1 fully saturated rings. The molecular formula is C26H22N2S. The quantitative estimate of drug-likeness (QED) is 0.339. The van der Waals surface area contributed by atoms with Crippen molar-refractivity contribution in [1.29, 1.82) is 0 Å². The topological polar surface area (TPSA) is 15.6 Å². The minimum atomic E-state index is 0.308. The smallest absolute Gasteiger partial charge is 0.112 e. The number of para-hydroxylation sites is 1. The van der Waals surface area contributed by atoms with Crippen LogP contribution < -0.4 is 4.90 Å². The summed E-state index contributed by atoms with van der Waals surface area (Å²) in [5.41, 5.74) is 3.54. The molecule has 0 amide bonds. The number of benzene rings is 4. The van der Waals surface area contributed by atoms with Gasteiger partial charge < -0.3 is 4.90 Å². The predicted molar refractivity (Wildman–Crippen MR) is 126 cm³/mol. The zero-order chi connectivity index (χ0) is 19.6. The first-order chi connectivity index (χ1) is 14.3. The third kappa shape index (κ3) is 3.54. The van der Waals surface area contributed by atoms with Gasteiger partial charge in [-0.05, 0) is 65.1 Å². The molecule has 0 saturated carbocycles. The van der Waals surface area contributed by atoms with E-state index < -0.39 is 0 Å². The molecule has 142 valence electrons. The summed E-state index contributed by atoms with van der Waals surface area (Å²) in [6, 6.07) is 34.7. The molecule has 0 bridgehead atoms. The number of aliphatic imine (C=N–C) groups is 1. The molecule has 29 heavy (non-hydrogen) atoms. The summed E-state index contributed by atoms with van der Waals surface area (Å²) in [6.07, 6.45) is 3.05. The maximum Gasteiger partial charge on any atom is 0.112 e. The Hall–Kier alpha value is -3.04.